The first-order chi connectivity index (χ1) is 9.62. The van der Waals surface area contributed by atoms with Crippen molar-refractivity contribution >= 4 is 21.7 Å². The number of ether oxygens (including phenoxy) is 1. The van der Waals surface area contributed by atoms with Gasteiger partial charge in [-0.3, -0.25) is 4.79 Å². The van der Waals surface area contributed by atoms with Crippen molar-refractivity contribution in [2.24, 2.45) is 0 Å². The molecule has 0 atom stereocenters. The Morgan fingerprint density at radius 2 is 1.90 bits per heavy atom. The third-order valence-electron chi connectivity index (χ3n) is 3.30. The Labute approximate surface area is 125 Å². The molecule has 0 heterocycles. The Balaban J connectivity index is 3.44. The Bertz CT molecular complexity index is 639. The summed E-state index contributed by atoms with van der Waals surface area (Å²) in [5, 5.41) is 0. The fourth-order valence-electron chi connectivity index (χ4n) is 2.09. The highest BCUT2D eigenvalue weighted by atomic mass is 32.2. The summed E-state index contributed by atoms with van der Waals surface area (Å²) in [6.07, 6.45) is 0. The normalized spacial score (nSPS) is 12.0. The van der Waals surface area contributed by atoms with Gasteiger partial charge in [0.15, 0.2) is 0 Å². The molecule has 0 aliphatic heterocycles. The van der Waals surface area contributed by atoms with Gasteiger partial charge in [0.2, 0.25) is 10.0 Å². The van der Waals surface area contributed by atoms with Crippen molar-refractivity contribution in [2.45, 2.75) is 38.6 Å². The van der Waals surface area contributed by atoms with Gasteiger partial charge in [-0.2, -0.15) is 4.31 Å². The highest BCUT2D eigenvalue weighted by Crippen LogP contribution is 2.28. The van der Waals surface area contributed by atoms with Crippen molar-refractivity contribution in [1.29, 1.82) is 0 Å². The third kappa shape index (κ3) is 3.54. The maximum atomic E-state index is 12.9. The van der Waals surface area contributed by atoms with Crippen LogP contribution in [0.3, 0.4) is 0 Å². The zero-order valence-electron chi connectivity index (χ0n) is 13.0. The van der Waals surface area contributed by atoms with E-state index in [1.807, 2.05) is 0 Å². The minimum Gasteiger partial charge on any atom is -0.468 e. The fourth-order valence-corrected chi connectivity index (χ4v) is 4.14. The zero-order chi connectivity index (χ0) is 16.4. The van der Waals surface area contributed by atoms with Gasteiger partial charge in [-0.25, -0.2) is 8.42 Å². The van der Waals surface area contributed by atoms with Crippen LogP contribution < -0.4 is 5.73 Å². The van der Waals surface area contributed by atoms with Crippen LogP contribution in [-0.2, 0) is 19.6 Å². The van der Waals surface area contributed by atoms with Crippen LogP contribution in [0.25, 0.3) is 0 Å². The van der Waals surface area contributed by atoms with Crippen molar-refractivity contribution < 1.29 is 17.9 Å². The van der Waals surface area contributed by atoms with Crippen LogP contribution in [-0.4, -0.2) is 38.4 Å². The molecule has 0 amide bonds. The second kappa shape index (κ2) is 6.44. The molecule has 6 nitrogen and oxygen atoms in total. The molecule has 0 radical (unpaired) electrons. The van der Waals surface area contributed by atoms with Gasteiger partial charge in [0.1, 0.15) is 6.54 Å². The van der Waals surface area contributed by atoms with E-state index in [0.717, 1.165) is 4.31 Å². The maximum Gasteiger partial charge on any atom is 0.321 e. The lowest BCUT2D eigenvalue weighted by Gasteiger charge is -2.26. The summed E-state index contributed by atoms with van der Waals surface area (Å²) < 4.78 is 31.5. The first-order valence-electron chi connectivity index (χ1n) is 6.57. The van der Waals surface area contributed by atoms with Crippen LogP contribution >= 0.6 is 0 Å². The predicted octanol–water partition coefficient (Wildman–Crippen LogP) is 1.46. The Morgan fingerprint density at radius 3 is 2.38 bits per heavy atom. The Hall–Kier alpha value is -1.60. The predicted molar refractivity (Wildman–Crippen MR) is 81.4 cm³/mol. The van der Waals surface area contributed by atoms with Gasteiger partial charge in [0.25, 0.3) is 0 Å². The second-order valence-electron chi connectivity index (χ2n) is 5.15. The number of hydrogen-bond donors (Lipinski definition) is 1. The van der Waals surface area contributed by atoms with Crippen LogP contribution in [0.15, 0.2) is 17.0 Å². The number of aryl methyl sites for hydroxylation is 1. The lowest BCUT2D eigenvalue weighted by atomic mass is 10.1. The molecule has 7 heteroatoms. The van der Waals surface area contributed by atoms with Crippen LogP contribution in [0.2, 0.25) is 0 Å². The fraction of sp³-hybridized carbons (Fsp3) is 0.500. The Kier molecular flexibility index (Phi) is 5.36. The minimum atomic E-state index is -3.84. The summed E-state index contributed by atoms with van der Waals surface area (Å²) in [6, 6.07) is 2.95. The molecule has 0 saturated heterocycles. The summed E-state index contributed by atoms with van der Waals surface area (Å²) in [6.45, 7) is 6.45. The Morgan fingerprint density at radius 1 is 1.33 bits per heavy atom. The van der Waals surface area contributed by atoms with Crippen molar-refractivity contribution in [3.63, 3.8) is 0 Å². The number of nitrogens with zero attached hydrogens (tertiary/aromatic N) is 1. The quantitative estimate of drug-likeness (QED) is 0.656. The molecular formula is C14H22N2O4S. The molecule has 0 spiro atoms. The molecule has 21 heavy (non-hydrogen) atoms. The van der Waals surface area contributed by atoms with E-state index < -0.39 is 16.0 Å². The van der Waals surface area contributed by atoms with Crippen molar-refractivity contribution in [3.05, 3.63) is 23.3 Å². The highest BCUT2D eigenvalue weighted by Gasteiger charge is 2.32. The molecule has 0 aliphatic carbocycles. The lowest BCUT2D eigenvalue weighted by Crippen LogP contribution is -2.41. The van der Waals surface area contributed by atoms with Gasteiger partial charge >= 0.3 is 5.97 Å². The van der Waals surface area contributed by atoms with Crippen LogP contribution in [0, 0.1) is 13.8 Å². The van der Waals surface area contributed by atoms with E-state index >= 15 is 0 Å². The third-order valence-corrected chi connectivity index (χ3v) is 5.61. The standard InChI is InChI=1S/C14H22N2O4S/c1-9(2)16(8-13(17)20-5)21(18,19)14-10(3)6-7-12(15)11(14)4/h6-7,9H,8,15H2,1-5H3. The average molecular weight is 314 g/mol. The molecule has 0 saturated carbocycles. The highest BCUT2D eigenvalue weighted by molar-refractivity contribution is 7.89. The molecule has 1 aromatic rings. The molecule has 0 unspecified atom stereocenters. The van der Waals surface area contributed by atoms with Gasteiger partial charge in [-0.05, 0) is 44.9 Å². The largest absolute Gasteiger partial charge is 0.468 e. The van der Waals surface area contributed by atoms with Crippen LogP contribution in [0.1, 0.15) is 25.0 Å². The maximum absolute atomic E-state index is 12.9. The number of anilines is 1. The second-order valence-corrected chi connectivity index (χ2v) is 6.97. The van der Waals surface area contributed by atoms with Gasteiger partial charge in [0.05, 0.1) is 12.0 Å². The number of nitrogen functional groups attached to an aromatic ring is 1. The molecule has 0 bridgehead atoms. The number of carbonyl (C=O) groups excluding carboxylic acids is 1. The summed E-state index contributed by atoms with van der Waals surface area (Å²) in [7, 11) is -2.61. The average Bonchev–Trinajstić information content (AvgIpc) is 2.39. The number of nitrogens with two attached hydrogens (primary N) is 1. The molecule has 1 aromatic carbocycles. The number of rotatable bonds is 5. The van der Waals surface area contributed by atoms with Crippen LogP contribution in [0.4, 0.5) is 5.69 Å². The first-order valence-corrected chi connectivity index (χ1v) is 8.01. The molecule has 0 fully saturated rings. The molecule has 118 valence electrons. The number of esters is 1. The van der Waals surface area contributed by atoms with Gasteiger partial charge in [0, 0.05) is 11.7 Å². The van der Waals surface area contributed by atoms with E-state index in [1.54, 1.807) is 39.8 Å². The number of benzene rings is 1. The minimum absolute atomic E-state index is 0.153. The van der Waals surface area contributed by atoms with E-state index in [-0.39, 0.29) is 17.5 Å². The summed E-state index contributed by atoms with van der Waals surface area (Å²) >= 11 is 0. The van der Waals surface area contributed by atoms with Crippen molar-refractivity contribution in [3.8, 4) is 0 Å². The van der Waals surface area contributed by atoms with E-state index in [4.69, 9.17) is 5.73 Å². The number of methoxy groups -OCH3 is 1. The number of carbonyl (C=O) groups is 1. The molecule has 2 N–H and O–H groups in total. The summed E-state index contributed by atoms with van der Waals surface area (Å²) in [5.41, 5.74) is 7.30. The van der Waals surface area contributed by atoms with E-state index in [9.17, 15) is 13.2 Å². The smallest absolute Gasteiger partial charge is 0.321 e. The SMILES string of the molecule is COC(=O)CN(C(C)C)S(=O)(=O)c1c(C)ccc(N)c1C. The van der Waals surface area contributed by atoms with Gasteiger partial charge in [-0.1, -0.05) is 6.07 Å². The van der Waals surface area contributed by atoms with Crippen molar-refractivity contribution in [2.75, 3.05) is 19.4 Å². The van der Waals surface area contributed by atoms with E-state index in [0.29, 0.717) is 16.8 Å². The molecular weight excluding hydrogens is 292 g/mol. The zero-order valence-corrected chi connectivity index (χ0v) is 13.8. The number of sulfonamides is 1. The number of hydrogen-bond acceptors (Lipinski definition) is 5. The molecule has 0 aliphatic rings. The topological polar surface area (TPSA) is 89.7 Å². The summed E-state index contributed by atoms with van der Waals surface area (Å²) in [5.74, 6) is -0.605. The molecule has 0 aromatic heterocycles. The van der Waals surface area contributed by atoms with Gasteiger partial charge < -0.3 is 10.5 Å². The monoisotopic (exact) mass is 314 g/mol. The van der Waals surface area contributed by atoms with E-state index in [1.165, 1.54) is 7.11 Å². The van der Waals surface area contributed by atoms with Crippen molar-refractivity contribution in [1.82, 2.24) is 4.31 Å². The first kappa shape index (κ1) is 17.5. The lowest BCUT2D eigenvalue weighted by molar-refractivity contribution is -0.141. The summed E-state index contributed by atoms with van der Waals surface area (Å²) in [4.78, 5) is 11.6. The van der Waals surface area contributed by atoms with Gasteiger partial charge in [-0.15, -0.1) is 0 Å². The molecule has 1 rings (SSSR count). The van der Waals surface area contributed by atoms with Crippen LogP contribution in [0.5, 0.6) is 0 Å². The van der Waals surface area contributed by atoms with E-state index in [2.05, 4.69) is 4.74 Å².